The van der Waals surface area contributed by atoms with Gasteiger partial charge in [-0.25, -0.2) is 4.98 Å². The van der Waals surface area contributed by atoms with Gasteiger partial charge in [0.2, 0.25) is 5.88 Å². The van der Waals surface area contributed by atoms with Crippen LogP contribution in [0.2, 0.25) is 0 Å². The highest BCUT2D eigenvalue weighted by molar-refractivity contribution is 5.79. The molecule has 0 saturated carbocycles. The maximum atomic E-state index is 12.3. The second-order valence-corrected chi connectivity index (χ2v) is 6.67. The first-order chi connectivity index (χ1) is 14.8. The average Bonchev–Trinajstić information content (AvgIpc) is 2.76. The summed E-state index contributed by atoms with van der Waals surface area (Å²) in [6, 6.07) is 8.94. The number of hydrogen-bond acceptors (Lipinski definition) is 5. The highest BCUT2D eigenvalue weighted by Gasteiger charge is 2.28. The Bertz CT molecular complexity index is 875. The molecule has 0 fully saturated rings. The van der Waals surface area contributed by atoms with Gasteiger partial charge < -0.3 is 24.4 Å². The summed E-state index contributed by atoms with van der Waals surface area (Å²) in [5.41, 5.74) is 1.81. The number of nitrogens with one attached hydrogen (secondary N) is 1. The zero-order chi connectivity index (χ0) is 22.9. The molecule has 0 radical (unpaired) electrons. The van der Waals surface area contributed by atoms with Crippen LogP contribution in [-0.4, -0.2) is 63.5 Å². The monoisotopic (exact) mass is 440 g/mol. The summed E-state index contributed by atoms with van der Waals surface area (Å²) >= 11 is 0. The van der Waals surface area contributed by atoms with Gasteiger partial charge in [-0.2, -0.15) is 13.2 Å². The van der Waals surface area contributed by atoms with E-state index in [0.29, 0.717) is 30.5 Å². The highest BCUT2D eigenvalue weighted by Crippen LogP contribution is 2.27. The van der Waals surface area contributed by atoms with Gasteiger partial charge in [0.05, 0.1) is 14.2 Å². The molecule has 7 nitrogen and oxygen atoms in total. The van der Waals surface area contributed by atoms with Gasteiger partial charge in [-0.05, 0) is 35.7 Å². The van der Waals surface area contributed by atoms with Crippen LogP contribution in [0, 0.1) is 0 Å². The molecule has 0 aliphatic heterocycles. The Hall–Kier alpha value is -3.17. The Morgan fingerprint density at radius 3 is 2.48 bits per heavy atom. The number of likely N-dealkylation sites (N-methyl/N-ethyl adjacent to an activating group) is 1. The number of ether oxygens (including phenoxy) is 3. The molecular weight excluding hydrogens is 413 g/mol. The van der Waals surface area contributed by atoms with Crippen LogP contribution in [-0.2, 0) is 13.0 Å². The van der Waals surface area contributed by atoms with E-state index in [0.717, 1.165) is 17.5 Å². The predicted octanol–water partition coefficient (Wildman–Crippen LogP) is 3.29. The van der Waals surface area contributed by atoms with E-state index in [1.165, 1.54) is 12.3 Å². The molecule has 0 aliphatic rings. The third-order valence-electron chi connectivity index (χ3n) is 4.39. The average molecular weight is 440 g/mol. The van der Waals surface area contributed by atoms with Gasteiger partial charge in [0.1, 0.15) is 0 Å². The molecule has 0 unspecified atom stereocenters. The van der Waals surface area contributed by atoms with Gasteiger partial charge in [-0.15, -0.1) is 0 Å². The van der Waals surface area contributed by atoms with Crippen molar-refractivity contribution in [2.24, 2.45) is 4.99 Å². The molecule has 170 valence electrons. The summed E-state index contributed by atoms with van der Waals surface area (Å²) in [7, 11) is 6.76. The molecule has 2 rings (SSSR count). The minimum absolute atomic E-state index is 0.0755. The fraction of sp³-hybridized carbons (Fsp3) is 0.429. The Kier molecular flexibility index (Phi) is 8.77. The zero-order valence-corrected chi connectivity index (χ0v) is 18.0. The van der Waals surface area contributed by atoms with E-state index in [1.54, 1.807) is 27.3 Å². The topological polar surface area (TPSA) is 68.2 Å². The van der Waals surface area contributed by atoms with Gasteiger partial charge in [0, 0.05) is 39.4 Å². The van der Waals surface area contributed by atoms with Crippen LogP contribution in [0.1, 0.15) is 11.1 Å². The van der Waals surface area contributed by atoms with Crippen molar-refractivity contribution < 1.29 is 27.4 Å². The summed E-state index contributed by atoms with van der Waals surface area (Å²) in [6.45, 7) is -0.332. The first-order valence-electron chi connectivity index (χ1n) is 9.53. The lowest BCUT2D eigenvalue weighted by atomic mass is 10.1. The first kappa shape index (κ1) is 24.1. The molecule has 31 heavy (non-hydrogen) atoms. The molecule has 10 heteroatoms. The summed E-state index contributed by atoms with van der Waals surface area (Å²) < 4.78 is 52.2. The number of halogens is 3. The fourth-order valence-corrected chi connectivity index (χ4v) is 2.80. The van der Waals surface area contributed by atoms with Crippen LogP contribution >= 0.6 is 0 Å². The molecule has 1 aromatic heterocycles. The first-order valence-corrected chi connectivity index (χ1v) is 9.53. The van der Waals surface area contributed by atoms with E-state index >= 15 is 0 Å². The Balaban J connectivity index is 1.90. The van der Waals surface area contributed by atoms with E-state index in [4.69, 9.17) is 14.2 Å². The lowest BCUT2D eigenvalue weighted by molar-refractivity contribution is -0.154. The Morgan fingerprint density at radius 2 is 1.84 bits per heavy atom. The van der Waals surface area contributed by atoms with Crippen molar-refractivity contribution in [2.45, 2.75) is 19.1 Å². The molecule has 0 atom stereocenters. The molecule has 0 bridgehead atoms. The van der Waals surface area contributed by atoms with Crippen molar-refractivity contribution in [3.8, 4) is 17.4 Å². The van der Waals surface area contributed by atoms with E-state index in [2.05, 4.69) is 15.3 Å². The molecule has 0 saturated heterocycles. The van der Waals surface area contributed by atoms with Crippen LogP contribution in [0.15, 0.2) is 41.5 Å². The third kappa shape index (κ3) is 7.88. The van der Waals surface area contributed by atoms with E-state index in [-0.39, 0.29) is 5.88 Å². The predicted molar refractivity (Wildman–Crippen MR) is 112 cm³/mol. The summed E-state index contributed by atoms with van der Waals surface area (Å²) in [5.74, 6) is 1.92. The quantitative estimate of drug-likeness (QED) is 0.477. The molecule has 2 aromatic rings. The van der Waals surface area contributed by atoms with Gasteiger partial charge >= 0.3 is 6.18 Å². The number of aromatic nitrogens is 1. The van der Waals surface area contributed by atoms with E-state index in [1.807, 2.05) is 30.1 Å². The number of hydrogen-bond donors (Lipinski definition) is 1. The highest BCUT2D eigenvalue weighted by atomic mass is 19.4. The van der Waals surface area contributed by atoms with Crippen LogP contribution in [0.5, 0.6) is 17.4 Å². The smallest absolute Gasteiger partial charge is 0.422 e. The SMILES string of the molecule is CN=C(NCc1ccnc(OCC(F)(F)F)c1)N(C)CCc1ccc(OC)c(OC)c1. The lowest BCUT2D eigenvalue weighted by Gasteiger charge is -2.22. The molecular formula is C21H27F3N4O3. The molecule has 0 spiro atoms. The number of rotatable bonds is 9. The van der Waals surface area contributed by atoms with Crippen molar-refractivity contribution >= 4 is 5.96 Å². The lowest BCUT2D eigenvalue weighted by Crippen LogP contribution is -2.39. The minimum Gasteiger partial charge on any atom is -0.493 e. The molecule has 1 N–H and O–H groups in total. The Morgan fingerprint density at radius 1 is 1.10 bits per heavy atom. The number of aliphatic imine (C=N–C) groups is 1. The van der Waals surface area contributed by atoms with E-state index < -0.39 is 12.8 Å². The standard InChI is InChI=1S/C21H27F3N4O3/c1-25-20(27-13-16-7-9-26-19(12-16)31-14-21(22,23)24)28(2)10-8-15-5-6-17(29-3)18(11-15)30-4/h5-7,9,11-12H,8,10,13-14H2,1-4H3,(H,25,27). The zero-order valence-electron chi connectivity index (χ0n) is 18.0. The van der Waals surface area contributed by atoms with Gasteiger partial charge in [-0.1, -0.05) is 6.07 Å². The maximum Gasteiger partial charge on any atom is 0.422 e. The van der Waals surface area contributed by atoms with Crippen LogP contribution in [0.4, 0.5) is 13.2 Å². The number of benzene rings is 1. The molecule has 0 aliphatic carbocycles. The van der Waals surface area contributed by atoms with Gasteiger partial charge in [0.15, 0.2) is 24.1 Å². The number of methoxy groups -OCH3 is 2. The van der Waals surface area contributed by atoms with Crippen molar-refractivity contribution in [3.05, 3.63) is 47.7 Å². The van der Waals surface area contributed by atoms with Crippen LogP contribution in [0.3, 0.4) is 0 Å². The van der Waals surface area contributed by atoms with Gasteiger partial charge in [0.25, 0.3) is 0 Å². The summed E-state index contributed by atoms with van der Waals surface area (Å²) in [4.78, 5) is 10.0. The second-order valence-electron chi connectivity index (χ2n) is 6.67. The number of pyridine rings is 1. The van der Waals surface area contributed by atoms with Crippen molar-refractivity contribution in [2.75, 3.05) is 41.5 Å². The van der Waals surface area contributed by atoms with Crippen LogP contribution in [0.25, 0.3) is 0 Å². The molecule has 1 aromatic carbocycles. The largest absolute Gasteiger partial charge is 0.493 e. The van der Waals surface area contributed by atoms with Crippen molar-refractivity contribution in [1.29, 1.82) is 0 Å². The molecule has 1 heterocycles. The molecule has 0 amide bonds. The number of guanidine groups is 1. The second kappa shape index (κ2) is 11.3. The van der Waals surface area contributed by atoms with Gasteiger partial charge in [-0.3, -0.25) is 4.99 Å². The van der Waals surface area contributed by atoms with E-state index in [9.17, 15) is 13.2 Å². The third-order valence-corrected chi connectivity index (χ3v) is 4.39. The number of nitrogens with zero attached hydrogens (tertiary/aromatic N) is 3. The minimum atomic E-state index is -4.41. The van der Waals surface area contributed by atoms with Crippen LogP contribution < -0.4 is 19.5 Å². The summed E-state index contributed by atoms with van der Waals surface area (Å²) in [5, 5.41) is 3.19. The van der Waals surface area contributed by atoms with Crippen molar-refractivity contribution in [3.63, 3.8) is 0 Å². The Labute approximate surface area is 179 Å². The van der Waals surface area contributed by atoms with Crippen molar-refractivity contribution in [1.82, 2.24) is 15.2 Å². The number of alkyl halides is 3. The summed E-state index contributed by atoms with van der Waals surface area (Å²) in [6.07, 6.45) is -2.25. The normalized spacial score (nSPS) is 11.8. The fourth-order valence-electron chi connectivity index (χ4n) is 2.80. The maximum absolute atomic E-state index is 12.3.